The van der Waals surface area contributed by atoms with Gasteiger partial charge >= 0.3 is 0 Å². The fourth-order valence-corrected chi connectivity index (χ4v) is 7.15. The van der Waals surface area contributed by atoms with Gasteiger partial charge in [0.15, 0.2) is 0 Å². The SMILES string of the molecule is c1cc(-c2cccc(-c3cccc(-n4c5ccccc5c5ccccc54)c3)n2)cc(C2c3ccccc3-c3ccccc32)c1. The van der Waals surface area contributed by atoms with Crippen molar-refractivity contribution in [1.82, 2.24) is 9.55 Å². The molecular formula is C42H28N2. The van der Waals surface area contributed by atoms with Gasteiger partial charge in [0.25, 0.3) is 0 Å². The van der Waals surface area contributed by atoms with Gasteiger partial charge < -0.3 is 4.57 Å². The number of fused-ring (bicyclic) bond motifs is 6. The van der Waals surface area contributed by atoms with Crippen LogP contribution < -0.4 is 0 Å². The van der Waals surface area contributed by atoms with Crippen molar-refractivity contribution < 1.29 is 0 Å². The average molecular weight is 561 g/mol. The second-order valence-corrected chi connectivity index (χ2v) is 11.6. The summed E-state index contributed by atoms with van der Waals surface area (Å²) in [6, 6.07) is 58.9. The van der Waals surface area contributed by atoms with Gasteiger partial charge in [-0.25, -0.2) is 4.98 Å². The zero-order valence-electron chi connectivity index (χ0n) is 24.1. The lowest BCUT2D eigenvalue weighted by Crippen LogP contribution is -1.99. The lowest BCUT2D eigenvalue weighted by molar-refractivity contribution is 1.01. The summed E-state index contributed by atoms with van der Waals surface area (Å²) in [5, 5.41) is 2.53. The van der Waals surface area contributed by atoms with E-state index in [9.17, 15) is 0 Å². The van der Waals surface area contributed by atoms with Gasteiger partial charge in [-0.05, 0) is 70.3 Å². The van der Waals surface area contributed by atoms with E-state index in [-0.39, 0.29) is 5.92 Å². The van der Waals surface area contributed by atoms with Crippen LogP contribution in [0.15, 0.2) is 164 Å². The molecule has 0 fully saturated rings. The molecule has 2 heteroatoms. The van der Waals surface area contributed by atoms with Crippen LogP contribution in [0, 0.1) is 0 Å². The van der Waals surface area contributed by atoms with Crippen molar-refractivity contribution in [2.24, 2.45) is 0 Å². The lowest BCUT2D eigenvalue weighted by atomic mass is 9.88. The monoisotopic (exact) mass is 560 g/mol. The first-order chi connectivity index (χ1) is 21.8. The van der Waals surface area contributed by atoms with Crippen LogP contribution >= 0.6 is 0 Å². The van der Waals surface area contributed by atoms with Gasteiger partial charge in [-0.1, -0.05) is 121 Å². The number of aromatic nitrogens is 2. The van der Waals surface area contributed by atoms with Crippen LogP contribution in [-0.2, 0) is 0 Å². The van der Waals surface area contributed by atoms with Crippen molar-refractivity contribution in [3.8, 4) is 39.3 Å². The van der Waals surface area contributed by atoms with Crippen LogP contribution in [0.3, 0.4) is 0 Å². The van der Waals surface area contributed by atoms with Crippen LogP contribution in [0.4, 0.5) is 0 Å². The molecule has 0 radical (unpaired) electrons. The highest BCUT2D eigenvalue weighted by Gasteiger charge is 2.29. The molecule has 206 valence electrons. The molecule has 44 heavy (non-hydrogen) atoms. The number of benzene rings is 6. The van der Waals surface area contributed by atoms with E-state index in [1.165, 1.54) is 49.6 Å². The first-order valence-corrected chi connectivity index (χ1v) is 15.2. The Balaban J connectivity index is 1.12. The zero-order chi connectivity index (χ0) is 29.0. The Morgan fingerprint density at radius 2 is 0.955 bits per heavy atom. The van der Waals surface area contributed by atoms with Crippen LogP contribution in [0.25, 0.3) is 61.1 Å². The van der Waals surface area contributed by atoms with E-state index in [1.807, 2.05) is 0 Å². The summed E-state index contributed by atoms with van der Waals surface area (Å²) in [7, 11) is 0. The van der Waals surface area contributed by atoms with Crippen molar-refractivity contribution in [1.29, 1.82) is 0 Å². The highest BCUT2D eigenvalue weighted by molar-refractivity contribution is 6.09. The summed E-state index contributed by atoms with van der Waals surface area (Å²) >= 11 is 0. The summed E-state index contributed by atoms with van der Waals surface area (Å²) in [5.41, 5.74) is 14.4. The molecule has 0 atom stereocenters. The molecule has 6 aromatic carbocycles. The predicted octanol–water partition coefficient (Wildman–Crippen LogP) is 10.7. The van der Waals surface area contributed by atoms with Gasteiger partial charge in [-0.15, -0.1) is 0 Å². The van der Waals surface area contributed by atoms with Gasteiger partial charge in [0.1, 0.15) is 0 Å². The summed E-state index contributed by atoms with van der Waals surface area (Å²) in [6.45, 7) is 0. The molecule has 2 aromatic heterocycles. The largest absolute Gasteiger partial charge is 0.309 e. The molecule has 9 rings (SSSR count). The van der Waals surface area contributed by atoms with Crippen LogP contribution in [0.2, 0.25) is 0 Å². The van der Waals surface area contributed by atoms with Crippen molar-refractivity contribution in [3.05, 3.63) is 180 Å². The number of hydrogen-bond donors (Lipinski definition) is 0. The summed E-state index contributed by atoms with van der Waals surface area (Å²) in [4.78, 5) is 5.21. The Labute approximate surface area is 256 Å². The second-order valence-electron chi connectivity index (χ2n) is 11.6. The highest BCUT2D eigenvalue weighted by Crippen LogP contribution is 2.48. The third kappa shape index (κ3) is 3.85. The number of hydrogen-bond acceptors (Lipinski definition) is 1. The van der Waals surface area contributed by atoms with Gasteiger partial charge in [-0.3, -0.25) is 0 Å². The molecule has 2 heterocycles. The third-order valence-corrected chi connectivity index (χ3v) is 9.08. The Hall–Kier alpha value is -5.73. The number of nitrogens with zero attached hydrogens (tertiary/aromatic N) is 2. The summed E-state index contributed by atoms with van der Waals surface area (Å²) in [6.07, 6.45) is 0. The molecule has 0 amide bonds. The van der Waals surface area contributed by atoms with Gasteiger partial charge in [0.05, 0.1) is 22.4 Å². The van der Waals surface area contributed by atoms with E-state index in [1.54, 1.807) is 0 Å². The van der Waals surface area contributed by atoms with E-state index in [0.717, 1.165) is 28.2 Å². The number of pyridine rings is 1. The first-order valence-electron chi connectivity index (χ1n) is 15.2. The maximum absolute atomic E-state index is 5.21. The molecule has 0 N–H and O–H groups in total. The Bertz CT molecular complexity index is 2260. The minimum atomic E-state index is 0.216. The Kier molecular flexibility index (Phi) is 5.60. The van der Waals surface area contributed by atoms with Gasteiger partial charge in [0, 0.05) is 33.5 Å². The minimum Gasteiger partial charge on any atom is -0.309 e. The van der Waals surface area contributed by atoms with E-state index < -0.39 is 0 Å². The normalized spacial score (nSPS) is 12.5. The van der Waals surface area contributed by atoms with Gasteiger partial charge in [-0.2, -0.15) is 0 Å². The minimum absolute atomic E-state index is 0.216. The van der Waals surface area contributed by atoms with Crippen molar-refractivity contribution in [2.45, 2.75) is 5.92 Å². The quantitative estimate of drug-likeness (QED) is 0.209. The molecular weight excluding hydrogens is 532 g/mol. The predicted molar refractivity (Wildman–Crippen MR) is 182 cm³/mol. The lowest BCUT2D eigenvalue weighted by Gasteiger charge is -2.16. The van der Waals surface area contributed by atoms with Crippen molar-refractivity contribution >= 4 is 21.8 Å². The first kappa shape index (κ1) is 24.8. The maximum Gasteiger partial charge on any atom is 0.0710 e. The highest BCUT2D eigenvalue weighted by atomic mass is 15.0. The molecule has 8 aromatic rings. The van der Waals surface area contributed by atoms with Crippen LogP contribution in [-0.4, -0.2) is 9.55 Å². The van der Waals surface area contributed by atoms with E-state index in [2.05, 4.69) is 168 Å². The molecule has 0 saturated carbocycles. The molecule has 2 nitrogen and oxygen atoms in total. The number of rotatable bonds is 4. The zero-order valence-corrected chi connectivity index (χ0v) is 24.1. The topological polar surface area (TPSA) is 17.8 Å². The standard InChI is InChI=1S/C42H28N2/c1-3-20-36-32(16-1)33-17-2-4-21-37(33)42(36)30-14-9-12-28(26-30)38-22-11-23-39(43-38)29-13-10-15-31(27-29)44-40-24-7-5-18-34(40)35-19-6-8-25-41(35)44/h1-27,42H. The van der Waals surface area contributed by atoms with Crippen LogP contribution in [0.1, 0.15) is 22.6 Å². The Morgan fingerprint density at radius 1 is 0.432 bits per heavy atom. The molecule has 0 spiro atoms. The fraction of sp³-hybridized carbons (Fsp3) is 0.0238. The fourth-order valence-electron chi connectivity index (χ4n) is 7.15. The van der Waals surface area contributed by atoms with Crippen molar-refractivity contribution in [2.75, 3.05) is 0 Å². The maximum atomic E-state index is 5.21. The summed E-state index contributed by atoms with van der Waals surface area (Å²) in [5.74, 6) is 0.216. The van der Waals surface area contributed by atoms with E-state index >= 15 is 0 Å². The van der Waals surface area contributed by atoms with E-state index in [0.29, 0.717) is 0 Å². The Morgan fingerprint density at radius 3 is 1.61 bits per heavy atom. The van der Waals surface area contributed by atoms with Gasteiger partial charge in [0.2, 0.25) is 0 Å². The third-order valence-electron chi connectivity index (χ3n) is 9.08. The molecule has 0 unspecified atom stereocenters. The number of para-hydroxylation sites is 2. The molecule has 1 aliphatic rings. The molecule has 0 saturated heterocycles. The molecule has 0 aliphatic heterocycles. The van der Waals surface area contributed by atoms with Crippen molar-refractivity contribution in [3.63, 3.8) is 0 Å². The molecule has 1 aliphatic carbocycles. The summed E-state index contributed by atoms with van der Waals surface area (Å²) < 4.78 is 2.36. The average Bonchev–Trinajstić information content (AvgIpc) is 3.62. The van der Waals surface area contributed by atoms with Crippen LogP contribution in [0.5, 0.6) is 0 Å². The van der Waals surface area contributed by atoms with E-state index in [4.69, 9.17) is 4.98 Å². The molecule has 0 bridgehead atoms. The second kappa shape index (κ2) is 9.93. The smallest absolute Gasteiger partial charge is 0.0710 e.